The zero-order valence-corrected chi connectivity index (χ0v) is 11.5. The molecule has 0 heterocycles. The van der Waals surface area contributed by atoms with Crippen LogP contribution in [0.4, 0.5) is 0 Å². The largest absolute Gasteiger partial charge is 0.482 e. The number of ether oxygens (including phenoxy) is 1. The molecule has 0 amide bonds. The molecule has 0 saturated carbocycles. The Hall–Kier alpha value is -2.81. The van der Waals surface area contributed by atoms with Gasteiger partial charge >= 0.3 is 5.97 Å². The number of fused-ring (bicyclic) bond motifs is 1. The fraction of sp³-hybridized carbons (Fsp3) is 0.0556. The number of aliphatic carboxylic acids is 1. The molecular weight excluding hydrogens is 264 g/mol. The van der Waals surface area contributed by atoms with E-state index in [2.05, 4.69) is 48.5 Å². The zero-order valence-electron chi connectivity index (χ0n) is 11.5. The highest BCUT2D eigenvalue weighted by molar-refractivity contribution is 5.82. The van der Waals surface area contributed by atoms with Crippen molar-refractivity contribution in [3.05, 3.63) is 78.9 Å². The summed E-state index contributed by atoms with van der Waals surface area (Å²) in [6.45, 7) is -0.288. The smallest absolute Gasteiger partial charge is 0.341 e. The molecule has 0 aromatic heterocycles. The fourth-order valence-corrected chi connectivity index (χ4v) is 1.79. The van der Waals surface area contributed by atoms with Crippen molar-refractivity contribution in [3.8, 4) is 5.75 Å². The summed E-state index contributed by atoms with van der Waals surface area (Å²) in [4.78, 5) is 10.0. The third-order valence-electron chi connectivity index (χ3n) is 2.76. The van der Waals surface area contributed by atoms with Crippen LogP contribution >= 0.6 is 0 Å². The Labute approximate surface area is 123 Å². The molecule has 106 valence electrons. The van der Waals surface area contributed by atoms with Gasteiger partial charge in [0, 0.05) is 0 Å². The Morgan fingerprint density at radius 2 is 1.19 bits per heavy atom. The second kappa shape index (κ2) is 7.70. The first-order valence-electron chi connectivity index (χ1n) is 6.59. The first kappa shape index (κ1) is 14.6. The van der Waals surface area contributed by atoms with E-state index in [4.69, 9.17) is 9.84 Å². The predicted molar refractivity (Wildman–Crippen MR) is 83.5 cm³/mol. The van der Waals surface area contributed by atoms with Crippen LogP contribution in [0, 0.1) is 0 Å². The van der Waals surface area contributed by atoms with Crippen LogP contribution in [0.2, 0.25) is 0 Å². The minimum Gasteiger partial charge on any atom is -0.482 e. The van der Waals surface area contributed by atoms with E-state index in [1.54, 1.807) is 24.3 Å². The van der Waals surface area contributed by atoms with E-state index < -0.39 is 5.97 Å². The highest BCUT2D eigenvalue weighted by Gasteiger charge is 1.96. The van der Waals surface area contributed by atoms with E-state index in [0.29, 0.717) is 5.75 Å². The van der Waals surface area contributed by atoms with Crippen LogP contribution in [0.25, 0.3) is 10.8 Å². The molecule has 0 aliphatic heterocycles. The summed E-state index contributed by atoms with van der Waals surface area (Å²) < 4.78 is 4.87. The van der Waals surface area contributed by atoms with Crippen molar-refractivity contribution in [2.24, 2.45) is 0 Å². The summed E-state index contributed by atoms with van der Waals surface area (Å²) in [5, 5.41) is 10.9. The molecule has 0 unspecified atom stereocenters. The van der Waals surface area contributed by atoms with Crippen LogP contribution in [0.1, 0.15) is 0 Å². The average molecular weight is 280 g/mol. The van der Waals surface area contributed by atoms with Gasteiger partial charge in [0.1, 0.15) is 5.75 Å². The highest BCUT2D eigenvalue weighted by Crippen LogP contribution is 2.11. The average Bonchev–Trinajstić information content (AvgIpc) is 2.55. The molecule has 0 bridgehead atoms. The quantitative estimate of drug-likeness (QED) is 0.789. The van der Waals surface area contributed by atoms with Crippen LogP contribution < -0.4 is 4.74 Å². The van der Waals surface area contributed by atoms with E-state index >= 15 is 0 Å². The third kappa shape index (κ3) is 4.99. The predicted octanol–water partition coefficient (Wildman–Crippen LogP) is 3.99. The monoisotopic (exact) mass is 280 g/mol. The van der Waals surface area contributed by atoms with Crippen LogP contribution in [-0.2, 0) is 4.79 Å². The fourth-order valence-electron chi connectivity index (χ4n) is 1.79. The van der Waals surface area contributed by atoms with E-state index in [9.17, 15) is 4.79 Å². The van der Waals surface area contributed by atoms with Crippen molar-refractivity contribution < 1.29 is 14.6 Å². The summed E-state index contributed by atoms with van der Waals surface area (Å²) in [6.07, 6.45) is 0. The lowest BCUT2D eigenvalue weighted by atomic mass is 10.1. The Morgan fingerprint density at radius 3 is 1.62 bits per heavy atom. The molecule has 3 nitrogen and oxygen atoms in total. The van der Waals surface area contributed by atoms with Gasteiger partial charge in [-0.05, 0) is 22.9 Å². The van der Waals surface area contributed by atoms with Crippen molar-refractivity contribution in [1.29, 1.82) is 0 Å². The van der Waals surface area contributed by atoms with Crippen LogP contribution in [-0.4, -0.2) is 17.7 Å². The number of rotatable bonds is 3. The van der Waals surface area contributed by atoms with Gasteiger partial charge in [-0.1, -0.05) is 66.7 Å². The number of hydrogen-bond acceptors (Lipinski definition) is 2. The summed E-state index contributed by atoms with van der Waals surface area (Å²) in [5.41, 5.74) is 0. The number of hydrogen-bond donors (Lipinski definition) is 1. The number of para-hydroxylation sites is 1. The topological polar surface area (TPSA) is 46.5 Å². The van der Waals surface area contributed by atoms with Crippen molar-refractivity contribution in [2.75, 3.05) is 6.61 Å². The minimum absolute atomic E-state index is 0.288. The Bertz CT molecular complexity index is 627. The third-order valence-corrected chi connectivity index (χ3v) is 2.76. The van der Waals surface area contributed by atoms with E-state index in [0.717, 1.165) is 0 Å². The first-order valence-corrected chi connectivity index (χ1v) is 6.59. The Kier molecular flexibility index (Phi) is 5.35. The second-order valence-corrected chi connectivity index (χ2v) is 4.34. The molecule has 1 N–H and O–H groups in total. The number of carboxylic acids is 1. The van der Waals surface area contributed by atoms with Crippen molar-refractivity contribution in [1.82, 2.24) is 0 Å². The Morgan fingerprint density at radius 1 is 0.762 bits per heavy atom. The second-order valence-electron chi connectivity index (χ2n) is 4.34. The molecule has 0 aliphatic rings. The zero-order chi connectivity index (χ0) is 14.9. The normalized spacial score (nSPS) is 9.52. The molecule has 0 saturated heterocycles. The summed E-state index contributed by atoms with van der Waals surface area (Å²) in [6, 6.07) is 25.6. The van der Waals surface area contributed by atoms with Gasteiger partial charge in [-0.3, -0.25) is 0 Å². The van der Waals surface area contributed by atoms with Gasteiger partial charge in [-0.25, -0.2) is 4.79 Å². The molecule has 21 heavy (non-hydrogen) atoms. The summed E-state index contributed by atoms with van der Waals surface area (Å²) in [5.74, 6) is -0.385. The molecule has 3 aromatic rings. The first-order chi connectivity index (χ1) is 10.3. The lowest BCUT2D eigenvalue weighted by Crippen LogP contribution is -2.09. The van der Waals surface area contributed by atoms with Crippen LogP contribution in [0.3, 0.4) is 0 Å². The molecule has 0 aliphatic carbocycles. The van der Waals surface area contributed by atoms with Crippen LogP contribution in [0.5, 0.6) is 5.75 Å². The standard InChI is InChI=1S/C10H8.C8H8O3/c1-2-6-10-8-4-3-7-9(10)5-1;9-8(10)6-11-7-4-2-1-3-5-7/h1-8H;1-5H,6H2,(H,9,10). The maximum Gasteiger partial charge on any atom is 0.341 e. The SMILES string of the molecule is O=C(O)COc1ccccc1.c1ccc2ccccc2c1. The van der Waals surface area contributed by atoms with Gasteiger partial charge in [0.2, 0.25) is 0 Å². The molecule has 0 radical (unpaired) electrons. The van der Waals surface area contributed by atoms with E-state index in [1.807, 2.05) is 6.07 Å². The molecule has 3 aromatic carbocycles. The lowest BCUT2D eigenvalue weighted by molar-refractivity contribution is -0.139. The highest BCUT2D eigenvalue weighted by atomic mass is 16.5. The van der Waals surface area contributed by atoms with Crippen LogP contribution in [0.15, 0.2) is 78.9 Å². The molecule has 0 fully saturated rings. The maximum absolute atomic E-state index is 10.0. The van der Waals surface area contributed by atoms with Gasteiger partial charge in [0.15, 0.2) is 6.61 Å². The number of benzene rings is 3. The lowest BCUT2D eigenvalue weighted by Gasteiger charge is -2.00. The number of carbonyl (C=O) groups is 1. The van der Waals surface area contributed by atoms with Crippen molar-refractivity contribution in [3.63, 3.8) is 0 Å². The Balaban J connectivity index is 0.000000154. The van der Waals surface area contributed by atoms with E-state index in [1.165, 1.54) is 10.8 Å². The van der Waals surface area contributed by atoms with Gasteiger partial charge in [-0.15, -0.1) is 0 Å². The molecule has 3 heteroatoms. The number of carboxylic acid groups (broad SMARTS) is 1. The molecule has 3 rings (SSSR count). The van der Waals surface area contributed by atoms with Gasteiger partial charge in [0.25, 0.3) is 0 Å². The minimum atomic E-state index is -0.964. The van der Waals surface area contributed by atoms with Gasteiger partial charge in [-0.2, -0.15) is 0 Å². The summed E-state index contributed by atoms with van der Waals surface area (Å²) in [7, 11) is 0. The van der Waals surface area contributed by atoms with Crippen molar-refractivity contribution >= 4 is 16.7 Å². The maximum atomic E-state index is 10.0. The molecule has 0 atom stereocenters. The molecular formula is C18H16O3. The molecule has 0 spiro atoms. The van der Waals surface area contributed by atoms with Crippen molar-refractivity contribution in [2.45, 2.75) is 0 Å². The summed E-state index contributed by atoms with van der Waals surface area (Å²) >= 11 is 0. The van der Waals surface area contributed by atoms with Gasteiger partial charge < -0.3 is 9.84 Å². The van der Waals surface area contributed by atoms with Gasteiger partial charge in [0.05, 0.1) is 0 Å². The van der Waals surface area contributed by atoms with E-state index in [-0.39, 0.29) is 6.61 Å².